The Balaban J connectivity index is 1.51. The van der Waals surface area contributed by atoms with Gasteiger partial charge in [0.2, 0.25) is 5.82 Å². The summed E-state index contributed by atoms with van der Waals surface area (Å²) in [5.41, 5.74) is -0.677. The van der Waals surface area contributed by atoms with Crippen LogP contribution >= 0.6 is 0 Å². The SMILES string of the molecule is O=C(c1c(F)c(F)c(F)c(F)c1F)C1CC2COCC(C1)N2C(=O)OCc1ccccc1. The van der Waals surface area contributed by atoms with E-state index in [0.717, 1.165) is 5.56 Å². The minimum atomic E-state index is -2.32. The van der Waals surface area contributed by atoms with E-state index in [1.54, 1.807) is 24.3 Å². The largest absolute Gasteiger partial charge is 0.445 e. The lowest BCUT2D eigenvalue weighted by molar-refractivity contribution is -0.0756. The summed E-state index contributed by atoms with van der Waals surface area (Å²) >= 11 is 0. The van der Waals surface area contributed by atoms with Gasteiger partial charge >= 0.3 is 6.09 Å². The van der Waals surface area contributed by atoms with Gasteiger partial charge in [-0.1, -0.05) is 30.3 Å². The fraction of sp³-hybridized carbons (Fsp3) is 0.364. The Morgan fingerprint density at radius 3 is 1.97 bits per heavy atom. The lowest BCUT2D eigenvalue weighted by Gasteiger charge is -2.47. The van der Waals surface area contributed by atoms with E-state index in [2.05, 4.69) is 0 Å². The minimum absolute atomic E-state index is 0.0311. The van der Waals surface area contributed by atoms with Crippen LogP contribution in [0.2, 0.25) is 0 Å². The molecule has 0 aliphatic carbocycles. The zero-order valence-corrected chi connectivity index (χ0v) is 16.6. The normalized spacial score (nSPS) is 22.5. The number of nitrogens with zero attached hydrogens (tertiary/aromatic N) is 1. The van der Waals surface area contributed by atoms with Crippen LogP contribution in [0.4, 0.5) is 26.7 Å². The highest BCUT2D eigenvalue weighted by Gasteiger charge is 2.46. The van der Waals surface area contributed by atoms with Crippen LogP contribution in [0.15, 0.2) is 30.3 Å². The molecule has 0 aromatic heterocycles. The molecule has 2 fully saturated rings. The Morgan fingerprint density at radius 2 is 1.41 bits per heavy atom. The van der Waals surface area contributed by atoms with E-state index in [1.807, 2.05) is 6.07 Å². The van der Waals surface area contributed by atoms with Gasteiger partial charge in [-0.15, -0.1) is 0 Å². The second-order valence-electron chi connectivity index (χ2n) is 7.77. The van der Waals surface area contributed by atoms with Crippen LogP contribution < -0.4 is 0 Å². The molecule has 0 N–H and O–H groups in total. The van der Waals surface area contributed by atoms with Crippen molar-refractivity contribution in [1.82, 2.24) is 4.90 Å². The maximum absolute atomic E-state index is 14.1. The summed E-state index contributed by atoms with van der Waals surface area (Å²) in [6.45, 7) is 0.138. The van der Waals surface area contributed by atoms with Crippen LogP contribution in [0, 0.1) is 35.0 Å². The molecule has 0 radical (unpaired) electrons. The molecule has 170 valence electrons. The van der Waals surface area contributed by atoms with Gasteiger partial charge in [-0.05, 0) is 18.4 Å². The van der Waals surface area contributed by atoms with Crippen molar-refractivity contribution in [1.29, 1.82) is 0 Å². The topological polar surface area (TPSA) is 55.8 Å². The third-order valence-corrected chi connectivity index (χ3v) is 5.76. The molecular weight excluding hydrogens is 437 g/mol. The number of hydrogen-bond donors (Lipinski definition) is 0. The predicted octanol–water partition coefficient (Wildman–Crippen LogP) is 4.38. The smallest absolute Gasteiger partial charge is 0.410 e. The number of fused-ring (bicyclic) bond motifs is 2. The second kappa shape index (κ2) is 8.85. The summed E-state index contributed by atoms with van der Waals surface area (Å²) in [5.74, 6) is -13.2. The van der Waals surface area contributed by atoms with Crippen molar-refractivity contribution in [2.24, 2.45) is 5.92 Å². The summed E-state index contributed by atoms with van der Waals surface area (Å²) in [5, 5.41) is 0. The number of rotatable bonds is 4. The van der Waals surface area contributed by atoms with E-state index >= 15 is 0 Å². The van der Waals surface area contributed by atoms with E-state index < -0.39 is 64.5 Å². The monoisotopic (exact) mass is 455 g/mol. The molecule has 2 unspecified atom stereocenters. The van der Waals surface area contributed by atoms with Crippen LogP contribution in [0.1, 0.15) is 28.8 Å². The molecule has 10 heteroatoms. The first kappa shape index (κ1) is 22.2. The highest BCUT2D eigenvalue weighted by Crippen LogP contribution is 2.36. The van der Waals surface area contributed by atoms with E-state index in [-0.39, 0.29) is 32.7 Å². The molecule has 5 nitrogen and oxygen atoms in total. The van der Waals surface area contributed by atoms with Gasteiger partial charge in [-0.25, -0.2) is 26.7 Å². The molecule has 2 saturated heterocycles. The first-order chi connectivity index (χ1) is 15.3. The number of ether oxygens (including phenoxy) is 2. The molecule has 0 saturated carbocycles. The summed E-state index contributed by atoms with van der Waals surface area (Å²) in [6.07, 6.45) is -0.751. The fourth-order valence-electron chi connectivity index (χ4n) is 4.25. The third-order valence-electron chi connectivity index (χ3n) is 5.76. The van der Waals surface area contributed by atoms with Crippen molar-refractivity contribution >= 4 is 11.9 Å². The number of Topliss-reactive ketones (excluding diaryl/α,β-unsaturated/α-hetero) is 1. The number of halogens is 5. The first-order valence-electron chi connectivity index (χ1n) is 9.92. The Labute approximate surface area is 179 Å². The van der Waals surface area contributed by atoms with Crippen LogP contribution in [-0.2, 0) is 16.1 Å². The number of amides is 1. The van der Waals surface area contributed by atoms with Gasteiger partial charge in [0.05, 0.1) is 30.9 Å². The summed E-state index contributed by atoms with van der Waals surface area (Å²) in [6, 6.07) is 7.70. The minimum Gasteiger partial charge on any atom is -0.445 e. The van der Waals surface area contributed by atoms with E-state index in [4.69, 9.17) is 9.47 Å². The lowest BCUT2D eigenvalue weighted by atomic mass is 9.80. The maximum atomic E-state index is 14.1. The van der Waals surface area contributed by atoms with Crippen LogP contribution in [-0.4, -0.2) is 42.1 Å². The molecule has 2 aromatic carbocycles. The fourth-order valence-corrected chi connectivity index (χ4v) is 4.25. The van der Waals surface area contributed by atoms with Gasteiger partial charge < -0.3 is 9.47 Å². The average molecular weight is 455 g/mol. The van der Waals surface area contributed by atoms with Crippen molar-refractivity contribution in [3.05, 3.63) is 70.5 Å². The van der Waals surface area contributed by atoms with Gasteiger partial charge in [-0.2, -0.15) is 0 Å². The molecule has 2 aromatic rings. The molecule has 2 aliphatic rings. The number of ketones is 1. The van der Waals surface area contributed by atoms with Gasteiger partial charge in [0.1, 0.15) is 6.61 Å². The van der Waals surface area contributed by atoms with Crippen LogP contribution in [0.5, 0.6) is 0 Å². The number of carbonyl (C=O) groups excluding carboxylic acids is 2. The Morgan fingerprint density at radius 1 is 0.875 bits per heavy atom. The van der Waals surface area contributed by atoms with Gasteiger partial charge in [-0.3, -0.25) is 9.69 Å². The van der Waals surface area contributed by atoms with Gasteiger partial charge in [0.15, 0.2) is 29.1 Å². The molecule has 2 atom stereocenters. The number of morpholine rings is 1. The van der Waals surface area contributed by atoms with Crippen molar-refractivity contribution in [3.63, 3.8) is 0 Å². The van der Waals surface area contributed by atoms with E-state index in [0.29, 0.717) is 0 Å². The Kier molecular flexibility index (Phi) is 6.14. The maximum Gasteiger partial charge on any atom is 0.410 e. The predicted molar refractivity (Wildman–Crippen MR) is 100 cm³/mol. The highest BCUT2D eigenvalue weighted by molar-refractivity contribution is 5.98. The Bertz CT molecular complexity index is 1010. The van der Waals surface area contributed by atoms with Gasteiger partial charge in [0, 0.05) is 5.92 Å². The lowest BCUT2D eigenvalue weighted by Crippen LogP contribution is -2.60. The average Bonchev–Trinajstić information content (AvgIpc) is 2.79. The molecule has 2 heterocycles. The van der Waals surface area contributed by atoms with E-state index in [1.165, 1.54) is 4.90 Å². The quantitative estimate of drug-likeness (QED) is 0.297. The zero-order valence-electron chi connectivity index (χ0n) is 16.6. The first-order valence-corrected chi connectivity index (χ1v) is 9.92. The van der Waals surface area contributed by atoms with Crippen molar-refractivity contribution in [3.8, 4) is 0 Å². The molecule has 4 rings (SSSR count). The highest BCUT2D eigenvalue weighted by atomic mass is 19.2. The molecule has 32 heavy (non-hydrogen) atoms. The molecular formula is C22H18F5NO4. The zero-order chi connectivity index (χ0) is 23.0. The van der Waals surface area contributed by atoms with Gasteiger partial charge in [0.25, 0.3) is 0 Å². The van der Waals surface area contributed by atoms with E-state index in [9.17, 15) is 31.5 Å². The van der Waals surface area contributed by atoms with Crippen LogP contribution in [0.25, 0.3) is 0 Å². The standard InChI is InChI=1S/C22H18F5NO4/c23-16-15(17(24)19(26)20(27)18(16)25)21(29)12-6-13-9-31-10-14(7-12)28(13)22(30)32-8-11-4-2-1-3-5-11/h1-5,12-14H,6-10H2. The second-order valence-corrected chi connectivity index (χ2v) is 7.77. The number of hydrogen-bond acceptors (Lipinski definition) is 4. The van der Waals surface area contributed by atoms with Crippen molar-refractivity contribution < 1.29 is 41.0 Å². The molecule has 1 amide bonds. The van der Waals surface area contributed by atoms with Crippen LogP contribution in [0.3, 0.4) is 0 Å². The number of benzene rings is 2. The molecule has 2 bridgehead atoms. The van der Waals surface area contributed by atoms with Crippen molar-refractivity contribution in [2.75, 3.05) is 13.2 Å². The summed E-state index contributed by atoms with van der Waals surface area (Å²) in [7, 11) is 0. The summed E-state index contributed by atoms with van der Waals surface area (Å²) < 4.78 is 79.4. The molecule has 0 spiro atoms. The Hall–Kier alpha value is -3.01. The summed E-state index contributed by atoms with van der Waals surface area (Å²) in [4.78, 5) is 26.9. The number of carbonyl (C=O) groups is 2. The molecule has 2 aliphatic heterocycles. The third kappa shape index (κ3) is 3.94. The number of piperidine rings is 1. The van der Waals surface area contributed by atoms with Crippen molar-refractivity contribution in [2.45, 2.75) is 31.5 Å².